The number of amides is 1. The Labute approximate surface area is 123 Å². The number of H-pyrrole nitrogens is 1. The van der Waals surface area contributed by atoms with E-state index in [9.17, 15) is 4.79 Å². The molecule has 0 atom stereocenters. The molecule has 106 valence electrons. The van der Waals surface area contributed by atoms with E-state index < -0.39 is 0 Å². The molecule has 0 saturated heterocycles. The maximum absolute atomic E-state index is 12.0. The Bertz CT molecular complexity index is 498. The van der Waals surface area contributed by atoms with E-state index in [4.69, 9.17) is 12.2 Å². The first-order valence-electron chi connectivity index (χ1n) is 7.00. The first-order chi connectivity index (χ1) is 9.04. The van der Waals surface area contributed by atoms with Gasteiger partial charge < -0.3 is 10.3 Å². The number of rotatable bonds is 5. The molecule has 2 N–H and O–H groups in total. The van der Waals surface area contributed by atoms with Gasteiger partial charge in [-0.05, 0) is 43.8 Å². The summed E-state index contributed by atoms with van der Waals surface area (Å²) in [5.74, 6) is 0.119. The topological polar surface area (TPSA) is 44.9 Å². The molecule has 2 rings (SSSR count). The molecule has 0 unspecified atom stereocenters. The Morgan fingerprint density at radius 3 is 2.68 bits per heavy atom. The molecule has 1 aromatic rings. The summed E-state index contributed by atoms with van der Waals surface area (Å²) in [5.41, 5.74) is 1.38. The fraction of sp³-hybridized carbons (Fsp3) is 0.714. The standard InChI is InChI=1S/C14H22N2OS2/c1-3-14(6-4-5-7-14)9-15-12(17)8-11-10(2)16-13(18)19-11/h3-9H2,1-2H3,(H,15,17)(H,16,18). The molecule has 19 heavy (non-hydrogen) atoms. The predicted octanol–water partition coefficient (Wildman–Crippen LogP) is 3.74. The molecule has 3 nitrogen and oxygen atoms in total. The lowest BCUT2D eigenvalue weighted by Crippen LogP contribution is -2.36. The molecule has 1 heterocycles. The van der Waals surface area contributed by atoms with Crippen molar-refractivity contribution in [3.8, 4) is 0 Å². The Morgan fingerprint density at radius 2 is 2.16 bits per heavy atom. The number of carbonyl (C=O) groups excluding carboxylic acids is 1. The van der Waals surface area contributed by atoms with E-state index in [0.717, 1.165) is 27.5 Å². The second kappa shape index (κ2) is 6.18. The second-order valence-corrected chi connectivity index (χ2v) is 7.35. The largest absolute Gasteiger partial charge is 0.355 e. The highest BCUT2D eigenvalue weighted by atomic mass is 32.1. The fourth-order valence-electron chi connectivity index (χ4n) is 2.88. The second-order valence-electron chi connectivity index (χ2n) is 5.58. The van der Waals surface area contributed by atoms with Crippen LogP contribution in [-0.4, -0.2) is 17.4 Å². The van der Waals surface area contributed by atoms with E-state index in [1.807, 2.05) is 6.92 Å². The number of nitrogens with one attached hydrogen (secondary N) is 2. The minimum atomic E-state index is 0.119. The SMILES string of the molecule is CCC1(CNC(=O)Cc2sc(=S)[nH]c2C)CCCC1. The van der Waals surface area contributed by atoms with Crippen molar-refractivity contribution < 1.29 is 4.79 Å². The molecule has 1 fully saturated rings. The van der Waals surface area contributed by atoms with Gasteiger partial charge in [0.25, 0.3) is 0 Å². The van der Waals surface area contributed by atoms with Crippen molar-refractivity contribution in [2.45, 2.75) is 52.4 Å². The van der Waals surface area contributed by atoms with Gasteiger partial charge in [-0.15, -0.1) is 11.3 Å². The number of thiazole rings is 1. The van der Waals surface area contributed by atoms with Crippen LogP contribution in [0.25, 0.3) is 0 Å². The summed E-state index contributed by atoms with van der Waals surface area (Å²) in [4.78, 5) is 16.2. The van der Waals surface area contributed by atoms with Gasteiger partial charge in [0, 0.05) is 17.1 Å². The van der Waals surface area contributed by atoms with Crippen LogP contribution < -0.4 is 5.32 Å². The monoisotopic (exact) mass is 298 g/mol. The first-order valence-corrected chi connectivity index (χ1v) is 8.22. The van der Waals surface area contributed by atoms with Crippen LogP contribution >= 0.6 is 23.6 Å². The van der Waals surface area contributed by atoms with E-state index >= 15 is 0 Å². The summed E-state index contributed by atoms with van der Waals surface area (Å²) in [6.07, 6.45) is 6.74. The number of aryl methyl sites for hydroxylation is 1. The van der Waals surface area contributed by atoms with Gasteiger partial charge in [-0.25, -0.2) is 0 Å². The smallest absolute Gasteiger partial charge is 0.225 e. The van der Waals surface area contributed by atoms with Gasteiger partial charge in [0.15, 0.2) is 3.95 Å². The molecular formula is C14H22N2OS2. The van der Waals surface area contributed by atoms with Crippen LogP contribution in [0.2, 0.25) is 0 Å². The molecule has 0 aliphatic heterocycles. The van der Waals surface area contributed by atoms with Gasteiger partial charge in [-0.2, -0.15) is 0 Å². The molecule has 0 radical (unpaired) electrons. The summed E-state index contributed by atoms with van der Waals surface area (Å²) >= 11 is 6.60. The lowest BCUT2D eigenvalue weighted by atomic mass is 9.83. The molecule has 0 spiro atoms. The number of hydrogen-bond acceptors (Lipinski definition) is 3. The van der Waals surface area contributed by atoms with Crippen LogP contribution in [0.15, 0.2) is 0 Å². The number of hydrogen-bond donors (Lipinski definition) is 2. The van der Waals surface area contributed by atoms with Crippen LogP contribution in [0.5, 0.6) is 0 Å². The lowest BCUT2D eigenvalue weighted by molar-refractivity contribution is -0.120. The summed E-state index contributed by atoms with van der Waals surface area (Å²) in [6, 6.07) is 0. The molecule has 5 heteroatoms. The van der Waals surface area contributed by atoms with E-state index in [2.05, 4.69) is 17.2 Å². The fourth-order valence-corrected chi connectivity index (χ4v) is 4.17. The normalized spacial score (nSPS) is 17.6. The van der Waals surface area contributed by atoms with Crippen LogP contribution in [-0.2, 0) is 11.2 Å². The maximum Gasteiger partial charge on any atom is 0.225 e. The van der Waals surface area contributed by atoms with Crippen molar-refractivity contribution in [1.29, 1.82) is 0 Å². The zero-order chi connectivity index (χ0) is 13.9. The molecule has 1 aromatic heterocycles. The van der Waals surface area contributed by atoms with Crippen molar-refractivity contribution in [2.24, 2.45) is 5.41 Å². The minimum absolute atomic E-state index is 0.119. The van der Waals surface area contributed by atoms with E-state index in [1.54, 1.807) is 0 Å². The third-order valence-electron chi connectivity index (χ3n) is 4.32. The van der Waals surface area contributed by atoms with Gasteiger partial charge in [0.1, 0.15) is 0 Å². The van der Waals surface area contributed by atoms with E-state index in [1.165, 1.54) is 37.0 Å². The zero-order valence-corrected chi connectivity index (χ0v) is 13.3. The molecule has 1 saturated carbocycles. The Morgan fingerprint density at radius 1 is 1.47 bits per heavy atom. The van der Waals surface area contributed by atoms with Crippen molar-refractivity contribution >= 4 is 29.5 Å². The van der Waals surface area contributed by atoms with Crippen molar-refractivity contribution in [1.82, 2.24) is 10.3 Å². The summed E-state index contributed by atoms with van der Waals surface area (Å²) in [6.45, 7) is 5.04. The highest BCUT2D eigenvalue weighted by Crippen LogP contribution is 2.40. The van der Waals surface area contributed by atoms with Crippen LogP contribution in [0.3, 0.4) is 0 Å². The van der Waals surface area contributed by atoms with Gasteiger partial charge in [0.05, 0.1) is 6.42 Å². The highest BCUT2D eigenvalue weighted by Gasteiger charge is 2.32. The number of aromatic nitrogens is 1. The Balaban J connectivity index is 1.88. The predicted molar refractivity (Wildman–Crippen MR) is 82.1 cm³/mol. The van der Waals surface area contributed by atoms with Gasteiger partial charge in [-0.3, -0.25) is 4.79 Å². The third-order valence-corrected chi connectivity index (χ3v) is 5.66. The first kappa shape index (κ1) is 14.7. The molecule has 0 bridgehead atoms. The average molecular weight is 298 g/mol. The van der Waals surface area contributed by atoms with Gasteiger partial charge >= 0.3 is 0 Å². The van der Waals surface area contributed by atoms with Gasteiger partial charge in [0.2, 0.25) is 5.91 Å². The average Bonchev–Trinajstić information content (AvgIpc) is 2.95. The lowest BCUT2D eigenvalue weighted by Gasteiger charge is -2.27. The zero-order valence-electron chi connectivity index (χ0n) is 11.7. The van der Waals surface area contributed by atoms with Crippen molar-refractivity contribution in [3.63, 3.8) is 0 Å². The molecule has 1 amide bonds. The number of carbonyl (C=O) groups is 1. The van der Waals surface area contributed by atoms with Crippen LogP contribution in [0.4, 0.5) is 0 Å². The van der Waals surface area contributed by atoms with E-state index in [-0.39, 0.29) is 5.91 Å². The van der Waals surface area contributed by atoms with Crippen molar-refractivity contribution in [2.75, 3.05) is 6.54 Å². The number of aromatic amines is 1. The maximum atomic E-state index is 12.0. The Hall–Kier alpha value is -0.680. The van der Waals surface area contributed by atoms with Crippen molar-refractivity contribution in [3.05, 3.63) is 14.5 Å². The van der Waals surface area contributed by atoms with Crippen LogP contribution in [0, 0.1) is 16.3 Å². The third kappa shape index (κ3) is 3.66. The summed E-state index contributed by atoms with van der Waals surface area (Å²) in [7, 11) is 0. The van der Waals surface area contributed by atoms with E-state index in [0.29, 0.717) is 11.8 Å². The van der Waals surface area contributed by atoms with Gasteiger partial charge in [-0.1, -0.05) is 19.8 Å². The molecular weight excluding hydrogens is 276 g/mol. The van der Waals surface area contributed by atoms with Crippen LogP contribution in [0.1, 0.15) is 49.6 Å². The quantitative estimate of drug-likeness (QED) is 0.813. The summed E-state index contributed by atoms with van der Waals surface area (Å²) in [5, 5.41) is 3.12. The highest BCUT2D eigenvalue weighted by molar-refractivity contribution is 7.73. The minimum Gasteiger partial charge on any atom is -0.355 e. The Kier molecular flexibility index (Phi) is 4.79. The summed E-state index contributed by atoms with van der Waals surface area (Å²) < 4.78 is 0.751. The molecule has 1 aliphatic rings. The molecule has 0 aromatic carbocycles. The molecule has 1 aliphatic carbocycles.